The van der Waals surface area contributed by atoms with Crippen molar-refractivity contribution in [2.24, 2.45) is 0 Å². The van der Waals surface area contributed by atoms with Gasteiger partial charge in [-0.15, -0.1) is 0 Å². The predicted octanol–water partition coefficient (Wildman–Crippen LogP) is 1.03. The molecule has 1 N–H and O–H groups in total. The summed E-state index contributed by atoms with van der Waals surface area (Å²) in [6, 6.07) is 1.44. The van der Waals surface area contributed by atoms with Crippen LogP contribution in [0.15, 0.2) is 0 Å². The number of hydrogen-bond donors (Lipinski definition) is 1. The zero-order chi connectivity index (χ0) is 8.97. The molecule has 1 fully saturated rings. The minimum Gasteiger partial charge on any atom is -0.316 e. The van der Waals surface area contributed by atoms with Crippen molar-refractivity contribution in [1.29, 1.82) is 0 Å². The smallest absolute Gasteiger partial charge is 0.0191 e. The Bertz CT molecular complexity index is 124. The molecule has 0 amide bonds. The Morgan fingerprint density at radius 3 is 2.92 bits per heavy atom. The first kappa shape index (κ1) is 10.4. The molecule has 72 valence electrons. The first-order chi connectivity index (χ1) is 5.74. The molecule has 1 aliphatic rings. The van der Waals surface area contributed by atoms with E-state index in [-0.39, 0.29) is 0 Å². The third-order valence-corrected chi connectivity index (χ3v) is 3.73. The predicted molar refractivity (Wildman–Crippen MR) is 56.9 cm³/mol. The van der Waals surface area contributed by atoms with E-state index in [4.69, 9.17) is 0 Å². The lowest BCUT2D eigenvalue weighted by Gasteiger charge is -2.26. The number of nitrogens with zero attached hydrogens (tertiary/aromatic N) is 1. The monoisotopic (exact) mass is 188 g/mol. The molecule has 0 aromatic heterocycles. The average molecular weight is 188 g/mol. The SMILES string of the molecule is CNC(C)CN(C)C1CCSC1. The van der Waals surface area contributed by atoms with E-state index >= 15 is 0 Å². The van der Waals surface area contributed by atoms with E-state index < -0.39 is 0 Å². The van der Waals surface area contributed by atoms with Crippen molar-refractivity contribution in [3.05, 3.63) is 0 Å². The molecule has 0 aromatic carbocycles. The van der Waals surface area contributed by atoms with Crippen molar-refractivity contribution in [2.75, 3.05) is 32.1 Å². The average Bonchev–Trinajstić information content (AvgIpc) is 2.56. The Morgan fingerprint density at radius 1 is 1.67 bits per heavy atom. The Labute approximate surface area is 80.1 Å². The molecule has 2 atom stereocenters. The molecule has 12 heavy (non-hydrogen) atoms. The van der Waals surface area contributed by atoms with Gasteiger partial charge in [-0.25, -0.2) is 0 Å². The number of nitrogens with one attached hydrogen (secondary N) is 1. The van der Waals surface area contributed by atoms with Gasteiger partial charge in [0.25, 0.3) is 0 Å². The first-order valence-corrected chi connectivity index (χ1v) is 5.84. The van der Waals surface area contributed by atoms with Gasteiger partial charge in [-0.05, 0) is 33.2 Å². The molecule has 0 aromatic rings. The topological polar surface area (TPSA) is 15.3 Å². The lowest BCUT2D eigenvalue weighted by molar-refractivity contribution is 0.241. The fraction of sp³-hybridized carbons (Fsp3) is 1.00. The summed E-state index contributed by atoms with van der Waals surface area (Å²) in [4.78, 5) is 2.49. The number of hydrogen-bond acceptors (Lipinski definition) is 3. The van der Waals surface area contributed by atoms with Crippen LogP contribution in [0.1, 0.15) is 13.3 Å². The summed E-state index contributed by atoms with van der Waals surface area (Å²) in [7, 11) is 4.27. The largest absolute Gasteiger partial charge is 0.316 e. The van der Waals surface area contributed by atoms with E-state index in [0.717, 1.165) is 6.04 Å². The molecule has 1 saturated heterocycles. The van der Waals surface area contributed by atoms with Crippen LogP contribution in [-0.4, -0.2) is 49.1 Å². The summed E-state index contributed by atoms with van der Waals surface area (Å²) in [5.74, 6) is 2.68. The second-order valence-corrected chi connectivity index (χ2v) is 4.80. The molecule has 0 saturated carbocycles. The number of thioether (sulfide) groups is 1. The highest BCUT2D eigenvalue weighted by Gasteiger charge is 2.20. The Balaban J connectivity index is 2.21. The normalized spacial score (nSPS) is 26.5. The van der Waals surface area contributed by atoms with E-state index in [1.807, 2.05) is 7.05 Å². The number of likely N-dealkylation sites (N-methyl/N-ethyl adjacent to an activating group) is 2. The molecule has 1 aliphatic heterocycles. The summed E-state index contributed by atoms with van der Waals surface area (Å²) in [5.41, 5.74) is 0. The quantitative estimate of drug-likeness (QED) is 0.709. The fourth-order valence-corrected chi connectivity index (χ4v) is 2.84. The lowest BCUT2D eigenvalue weighted by atomic mass is 10.2. The standard InChI is InChI=1S/C9H20N2S/c1-8(10-2)6-11(3)9-4-5-12-7-9/h8-10H,4-7H2,1-3H3. The van der Waals surface area contributed by atoms with Crippen LogP contribution in [0.3, 0.4) is 0 Å². The van der Waals surface area contributed by atoms with Crippen molar-refractivity contribution < 1.29 is 0 Å². The molecule has 3 heteroatoms. The minimum atomic E-state index is 0.612. The van der Waals surface area contributed by atoms with E-state index in [0.29, 0.717) is 6.04 Å². The van der Waals surface area contributed by atoms with Crippen LogP contribution in [-0.2, 0) is 0 Å². The Morgan fingerprint density at radius 2 is 2.42 bits per heavy atom. The summed E-state index contributed by atoms with van der Waals surface area (Å²) >= 11 is 2.08. The van der Waals surface area contributed by atoms with Gasteiger partial charge in [0.2, 0.25) is 0 Å². The zero-order valence-corrected chi connectivity index (χ0v) is 9.16. The number of rotatable bonds is 4. The highest BCUT2D eigenvalue weighted by molar-refractivity contribution is 7.99. The maximum absolute atomic E-state index is 3.27. The van der Waals surface area contributed by atoms with E-state index in [1.165, 1.54) is 24.5 Å². The molecular formula is C9H20N2S. The molecular weight excluding hydrogens is 168 g/mol. The summed E-state index contributed by atoms with van der Waals surface area (Å²) < 4.78 is 0. The molecule has 0 radical (unpaired) electrons. The van der Waals surface area contributed by atoms with Crippen molar-refractivity contribution in [3.63, 3.8) is 0 Å². The maximum atomic E-state index is 3.27. The zero-order valence-electron chi connectivity index (χ0n) is 8.34. The van der Waals surface area contributed by atoms with Gasteiger partial charge in [-0.1, -0.05) is 0 Å². The van der Waals surface area contributed by atoms with E-state index in [1.54, 1.807) is 0 Å². The second kappa shape index (κ2) is 5.10. The van der Waals surface area contributed by atoms with Crippen LogP contribution >= 0.6 is 11.8 Å². The van der Waals surface area contributed by atoms with Crippen molar-refractivity contribution >= 4 is 11.8 Å². The van der Waals surface area contributed by atoms with Gasteiger partial charge in [-0.2, -0.15) is 11.8 Å². The molecule has 2 unspecified atom stereocenters. The fourth-order valence-electron chi connectivity index (χ4n) is 1.54. The van der Waals surface area contributed by atoms with Crippen LogP contribution in [0.5, 0.6) is 0 Å². The van der Waals surface area contributed by atoms with Gasteiger partial charge in [0, 0.05) is 24.4 Å². The Hall–Kier alpha value is 0.270. The highest BCUT2D eigenvalue weighted by atomic mass is 32.2. The molecule has 0 aliphatic carbocycles. The molecule has 0 bridgehead atoms. The summed E-state index contributed by atoms with van der Waals surface area (Å²) in [6.45, 7) is 3.40. The van der Waals surface area contributed by atoms with Gasteiger partial charge < -0.3 is 10.2 Å². The summed E-state index contributed by atoms with van der Waals surface area (Å²) in [6.07, 6.45) is 1.37. The third-order valence-electron chi connectivity index (χ3n) is 2.58. The summed E-state index contributed by atoms with van der Waals surface area (Å²) in [5, 5.41) is 3.27. The van der Waals surface area contributed by atoms with Gasteiger partial charge >= 0.3 is 0 Å². The first-order valence-electron chi connectivity index (χ1n) is 4.69. The van der Waals surface area contributed by atoms with Crippen molar-refractivity contribution in [2.45, 2.75) is 25.4 Å². The lowest BCUT2D eigenvalue weighted by Crippen LogP contribution is -2.40. The van der Waals surface area contributed by atoms with Gasteiger partial charge in [0.15, 0.2) is 0 Å². The second-order valence-electron chi connectivity index (χ2n) is 3.65. The van der Waals surface area contributed by atoms with Crippen LogP contribution in [0, 0.1) is 0 Å². The van der Waals surface area contributed by atoms with Crippen molar-refractivity contribution in [1.82, 2.24) is 10.2 Å². The molecule has 0 spiro atoms. The van der Waals surface area contributed by atoms with Gasteiger partial charge in [-0.3, -0.25) is 0 Å². The Kier molecular flexibility index (Phi) is 4.40. The molecule has 1 rings (SSSR count). The minimum absolute atomic E-state index is 0.612. The van der Waals surface area contributed by atoms with Gasteiger partial charge in [0.05, 0.1) is 0 Å². The van der Waals surface area contributed by atoms with Crippen LogP contribution in [0.2, 0.25) is 0 Å². The van der Waals surface area contributed by atoms with Crippen LogP contribution < -0.4 is 5.32 Å². The molecule has 1 heterocycles. The maximum Gasteiger partial charge on any atom is 0.0191 e. The van der Waals surface area contributed by atoms with E-state index in [9.17, 15) is 0 Å². The van der Waals surface area contributed by atoms with E-state index in [2.05, 4.69) is 35.9 Å². The van der Waals surface area contributed by atoms with Crippen molar-refractivity contribution in [3.8, 4) is 0 Å². The molecule has 2 nitrogen and oxygen atoms in total. The highest BCUT2D eigenvalue weighted by Crippen LogP contribution is 2.21. The third kappa shape index (κ3) is 2.96. The van der Waals surface area contributed by atoms with Gasteiger partial charge in [0.1, 0.15) is 0 Å². The van der Waals surface area contributed by atoms with Crippen LogP contribution in [0.25, 0.3) is 0 Å². The van der Waals surface area contributed by atoms with Crippen LogP contribution in [0.4, 0.5) is 0 Å².